The number of hydrogen-bond acceptors (Lipinski definition) is 4. The van der Waals surface area contributed by atoms with E-state index in [1.54, 1.807) is 14.0 Å². The number of ether oxygens (including phenoxy) is 2. The molecule has 0 bridgehead atoms. The van der Waals surface area contributed by atoms with Crippen LogP contribution >= 0.6 is 0 Å². The summed E-state index contributed by atoms with van der Waals surface area (Å²) in [6, 6.07) is 5.89. The van der Waals surface area contributed by atoms with Crippen LogP contribution in [0.3, 0.4) is 0 Å². The molecule has 0 saturated heterocycles. The number of benzene rings is 1. The third kappa shape index (κ3) is 5.56. The standard InChI is InChI=1S/C17H29NO3/c1-6-9-18-11-14-7-8-15(16(10-14)20-5)21-12-17(4,19)13(2)3/h7-8,10,13,18-19H,6,9,11-12H2,1-5H3. The Bertz CT molecular complexity index is 430. The van der Waals surface area contributed by atoms with Gasteiger partial charge in [-0.25, -0.2) is 0 Å². The minimum Gasteiger partial charge on any atom is -0.493 e. The monoisotopic (exact) mass is 295 g/mol. The largest absolute Gasteiger partial charge is 0.493 e. The molecule has 0 aromatic heterocycles. The van der Waals surface area contributed by atoms with Crippen molar-refractivity contribution in [3.05, 3.63) is 23.8 Å². The van der Waals surface area contributed by atoms with Crippen LogP contribution in [0.25, 0.3) is 0 Å². The second-order valence-electron chi connectivity index (χ2n) is 5.96. The van der Waals surface area contributed by atoms with Crippen LogP contribution in [0, 0.1) is 5.92 Å². The lowest BCUT2D eigenvalue weighted by molar-refractivity contribution is -0.0271. The van der Waals surface area contributed by atoms with Crippen molar-refractivity contribution in [2.24, 2.45) is 5.92 Å². The van der Waals surface area contributed by atoms with Gasteiger partial charge >= 0.3 is 0 Å². The SMILES string of the molecule is CCCNCc1ccc(OCC(C)(O)C(C)C)c(OC)c1. The number of aliphatic hydroxyl groups is 1. The molecule has 1 unspecified atom stereocenters. The molecule has 0 spiro atoms. The first-order valence-electron chi connectivity index (χ1n) is 7.63. The molecule has 1 aromatic rings. The van der Waals surface area contributed by atoms with E-state index in [0.717, 1.165) is 25.1 Å². The third-order valence-corrected chi connectivity index (χ3v) is 3.75. The molecule has 2 N–H and O–H groups in total. The molecule has 4 heteroatoms. The van der Waals surface area contributed by atoms with Gasteiger partial charge in [-0.1, -0.05) is 26.8 Å². The quantitative estimate of drug-likeness (QED) is 0.688. The van der Waals surface area contributed by atoms with Crippen LogP contribution in [0.5, 0.6) is 11.5 Å². The van der Waals surface area contributed by atoms with Gasteiger partial charge in [-0.15, -0.1) is 0 Å². The van der Waals surface area contributed by atoms with Crippen molar-refractivity contribution in [1.29, 1.82) is 0 Å². The van der Waals surface area contributed by atoms with Gasteiger partial charge in [-0.2, -0.15) is 0 Å². The van der Waals surface area contributed by atoms with E-state index >= 15 is 0 Å². The Kier molecular flexibility index (Phi) is 6.99. The van der Waals surface area contributed by atoms with E-state index in [0.29, 0.717) is 11.5 Å². The number of nitrogens with one attached hydrogen (secondary N) is 1. The topological polar surface area (TPSA) is 50.7 Å². The Morgan fingerprint density at radius 3 is 2.57 bits per heavy atom. The van der Waals surface area contributed by atoms with Crippen LogP contribution in [-0.2, 0) is 6.54 Å². The Labute approximate surface area is 128 Å². The number of methoxy groups -OCH3 is 1. The summed E-state index contributed by atoms with van der Waals surface area (Å²) in [4.78, 5) is 0. The zero-order valence-electron chi connectivity index (χ0n) is 13.9. The van der Waals surface area contributed by atoms with Gasteiger partial charge in [0.05, 0.1) is 12.7 Å². The Hall–Kier alpha value is -1.26. The molecule has 0 saturated carbocycles. The van der Waals surface area contributed by atoms with Gasteiger partial charge < -0.3 is 19.9 Å². The molecule has 0 aliphatic carbocycles. The summed E-state index contributed by atoms with van der Waals surface area (Å²) in [5, 5.41) is 13.6. The molecule has 0 aliphatic heterocycles. The summed E-state index contributed by atoms with van der Waals surface area (Å²) in [7, 11) is 1.63. The van der Waals surface area contributed by atoms with Crippen LogP contribution in [0.15, 0.2) is 18.2 Å². The van der Waals surface area contributed by atoms with E-state index in [9.17, 15) is 5.11 Å². The van der Waals surface area contributed by atoms with E-state index in [4.69, 9.17) is 9.47 Å². The lowest BCUT2D eigenvalue weighted by Crippen LogP contribution is -2.37. The van der Waals surface area contributed by atoms with E-state index in [2.05, 4.69) is 12.2 Å². The average molecular weight is 295 g/mol. The van der Waals surface area contributed by atoms with Crippen LogP contribution in [0.1, 0.15) is 39.7 Å². The Morgan fingerprint density at radius 2 is 2.00 bits per heavy atom. The van der Waals surface area contributed by atoms with Crippen molar-refractivity contribution in [2.75, 3.05) is 20.3 Å². The van der Waals surface area contributed by atoms with E-state index in [1.807, 2.05) is 32.0 Å². The fourth-order valence-electron chi connectivity index (χ4n) is 1.74. The van der Waals surface area contributed by atoms with Crippen molar-refractivity contribution in [1.82, 2.24) is 5.32 Å². The summed E-state index contributed by atoms with van der Waals surface area (Å²) >= 11 is 0. The fourth-order valence-corrected chi connectivity index (χ4v) is 1.74. The highest BCUT2D eigenvalue weighted by Crippen LogP contribution is 2.29. The summed E-state index contributed by atoms with van der Waals surface area (Å²) in [5.41, 5.74) is 0.301. The molecule has 0 aliphatic rings. The highest BCUT2D eigenvalue weighted by atomic mass is 16.5. The van der Waals surface area contributed by atoms with E-state index in [-0.39, 0.29) is 12.5 Å². The van der Waals surface area contributed by atoms with Gasteiger partial charge in [-0.3, -0.25) is 0 Å². The smallest absolute Gasteiger partial charge is 0.161 e. The zero-order chi connectivity index (χ0) is 15.9. The molecule has 4 nitrogen and oxygen atoms in total. The molecule has 0 heterocycles. The first-order chi connectivity index (χ1) is 9.90. The predicted molar refractivity (Wildman–Crippen MR) is 85.9 cm³/mol. The van der Waals surface area contributed by atoms with E-state index < -0.39 is 5.60 Å². The average Bonchev–Trinajstić information content (AvgIpc) is 2.45. The molecule has 0 amide bonds. The van der Waals surface area contributed by atoms with Gasteiger partial charge in [0, 0.05) is 6.54 Å². The second-order valence-corrected chi connectivity index (χ2v) is 5.96. The molecule has 21 heavy (non-hydrogen) atoms. The van der Waals surface area contributed by atoms with Gasteiger partial charge in [0.15, 0.2) is 11.5 Å². The summed E-state index contributed by atoms with van der Waals surface area (Å²) in [6.07, 6.45) is 1.11. The normalized spacial score (nSPS) is 14.0. The molecule has 1 aromatic carbocycles. The minimum atomic E-state index is -0.855. The van der Waals surface area contributed by atoms with Gasteiger partial charge in [0.1, 0.15) is 6.61 Å². The van der Waals surface area contributed by atoms with Gasteiger partial charge in [0.2, 0.25) is 0 Å². The first-order valence-corrected chi connectivity index (χ1v) is 7.63. The molecular formula is C17H29NO3. The van der Waals surface area contributed by atoms with Gasteiger partial charge in [-0.05, 0) is 43.5 Å². The predicted octanol–water partition coefficient (Wildman–Crippen LogP) is 2.98. The van der Waals surface area contributed by atoms with E-state index in [1.165, 1.54) is 0 Å². The van der Waals surface area contributed by atoms with Crippen LogP contribution in [-0.4, -0.2) is 31.0 Å². The third-order valence-electron chi connectivity index (χ3n) is 3.75. The summed E-state index contributed by atoms with van der Waals surface area (Å²) in [5.74, 6) is 1.49. The second kappa shape index (κ2) is 8.25. The Morgan fingerprint density at radius 1 is 1.29 bits per heavy atom. The lowest BCUT2D eigenvalue weighted by atomic mass is 9.94. The van der Waals surface area contributed by atoms with Crippen LogP contribution in [0.4, 0.5) is 0 Å². The number of hydrogen-bond donors (Lipinski definition) is 2. The summed E-state index contributed by atoms with van der Waals surface area (Å²) < 4.78 is 11.1. The summed E-state index contributed by atoms with van der Waals surface area (Å²) in [6.45, 7) is 9.94. The van der Waals surface area contributed by atoms with Crippen molar-refractivity contribution in [3.8, 4) is 11.5 Å². The molecule has 1 atom stereocenters. The fraction of sp³-hybridized carbons (Fsp3) is 0.647. The number of rotatable bonds is 9. The highest BCUT2D eigenvalue weighted by Gasteiger charge is 2.26. The van der Waals surface area contributed by atoms with Crippen molar-refractivity contribution < 1.29 is 14.6 Å². The first kappa shape index (κ1) is 17.8. The van der Waals surface area contributed by atoms with Crippen molar-refractivity contribution in [2.45, 2.75) is 46.3 Å². The molecular weight excluding hydrogens is 266 g/mol. The van der Waals surface area contributed by atoms with Crippen LogP contribution in [0.2, 0.25) is 0 Å². The molecule has 1 rings (SSSR count). The molecule has 120 valence electrons. The maximum atomic E-state index is 10.2. The lowest BCUT2D eigenvalue weighted by Gasteiger charge is -2.27. The highest BCUT2D eigenvalue weighted by molar-refractivity contribution is 5.43. The maximum Gasteiger partial charge on any atom is 0.161 e. The van der Waals surface area contributed by atoms with Crippen LogP contribution < -0.4 is 14.8 Å². The Balaban J connectivity index is 2.70. The van der Waals surface area contributed by atoms with Crippen molar-refractivity contribution in [3.63, 3.8) is 0 Å². The molecule has 0 radical (unpaired) electrons. The minimum absolute atomic E-state index is 0.126. The molecule has 0 fully saturated rings. The van der Waals surface area contributed by atoms with Crippen molar-refractivity contribution >= 4 is 0 Å². The van der Waals surface area contributed by atoms with Gasteiger partial charge in [0.25, 0.3) is 0 Å². The maximum absolute atomic E-state index is 10.2. The zero-order valence-corrected chi connectivity index (χ0v) is 13.9.